The Kier molecular flexibility index (Phi) is 9.44. The number of ether oxygens (including phenoxy) is 4. The van der Waals surface area contributed by atoms with E-state index in [1.165, 1.54) is 0 Å². The number of rotatable bonds is 11. The molecule has 3 N–H and O–H groups in total. The molecule has 2 aromatic heterocycles. The molecule has 46 heavy (non-hydrogen) atoms. The van der Waals surface area contributed by atoms with Crippen LogP contribution in [0.5, 0.6) is 11.5 Å². The van der Waals surface area contributed by atoms with Crippen molar-refractivity contribution in [2.45, 2.75) is 44.5 Å². The topological polar surface area (TPSA) is 204 Å². The summed E-state index contributed by atoms with van der Waals surface area (Å²) in [5, 5.41) is 12.9. The molecule has 2 aromatic carbocycles. The first-order valence-corrected chi connectivity index (χ1v) is 14.9. The third kappa shape index (κ3) is 7.52. The third-order valence-electron chi connectivity index (χ3n) is 6.83. The Hall–Kier alpha value is -4.38. The molecule has 0 saturated carbocycles. The van der Waals surface area contributed by atoms with Crippen molar-refractivity contribution in [3.8, 4) is 11.5 Å². The number of amides is 1. The Morgan fingerprint density at radius 3 is 2.59 bits per heavy atom. The van der Waals surface area contributed by atoms with Gasteiger partial charge in [0.15, 0.2) is 6.10 Å². The van der Waals surface area contributed by atoms with Crippen LogP contribution < -0.4 is 25.4 Å². The SMILES string of the molecule is COc1cc(C)c2oc(COc3ccc(COC(=O)Nc4ccn(C5OC(COP(=O)([O-])O)[C@@H](O)C5(F)F)c(=O)n4)cc3)cc2c1. The number of hydrogen-bond donors (Lipinski definition) is 3. The number of aliphatic hydroxyl groups is 1. The number of nitrogens with one attached hydrogen (secondary N) is 1. The molecule has 4 aromatic rings. The fraction of sp³-hybridized carbons (Fsp3) is 0.321. The Balaban J connectivity index is 1.12. The lowest BCUT2D eigenvalue weighted by atomic mass is 10.1. The lowest BCUT2D eigenvalue weighted by Crippen LogP contribution is -2.42. The number of fused-ring (bicyclic) bond motifs is 1. The molecule has 1 aliphatic rings. The summed E-state index contributed by atoms with van der Waals surface area (Å²) < 4.78 is 71.3. The van der Waals surface area contributed by atoms with Gasteiger partial charge in [0, 0.05) is 11.6 Å². The number of aryl methyl sites for hydroxylation is 1. The van der Waals surface area contributed by atoms with E-state index in [2.05, 4.69) is 14.8 Å². The molecule has 3 unspecified atom stereocenters. The summed E-state index contributed by atoms with van der Waals surface area (Å²) in [5.74, 6) is -2.52. The number of halogens is 2. The highest BCUT2D eigenvalue weighted by molar-refractivity contribution is 7.44. The van der Waals surface area contributed by atoms with Crippen molar-refractivity contribution >= 4 is 30.7 Å². The number of furan rings is 1. The number of phosphoric acid groups is 1. The van der Waals surface area contributed by atoms with Gasteiger partial charge >= 0.3 is 17.7 Å². The van der Waals surface area contributed by atoms with Crippen LogP contribution >= 0.6 is 7.82 Å². The minimum absolute atomic E-state index is 0.165. The maximum Gasteiger partial charge on any atom is 0.413 e. The second kappa shape index (κ2) is 13.2. The van der Waals surface area contributed by atoms with Gasteiger partial charge in [0.1, 0.15) is 48.0 Å². The van der Waals surface area contributed by atoms with E-state index in [4.69, 9.17) is 28.3 Å². The van der Waals surface area contributed by atoms with Gasteiger partial charge in [-0.15, -0.1) is 0 Å². The number of hydrogen-bond acceptors (Lipinski definition) is 12. The molecule has 0 radical (unpaired) electrons. The molecule has 18 heteroatoms. The van der Waals surface area contributed by atoms with E-state index < -0.39 is 50.6 Å². The summed E-state index contributed by atoms with van der Waals surface area (Å²) in [6.45, 7) is 0.797. The van der Waals surface area contributed by atoms with Crippen molar-refractivity contribution in [3.63, 3.8) is 0 Å². The van der Waals surface area contributed by atoms with Gasteiger partial charge in [-0.1, -0.05) is 12.1 Å². The average Bonchev–Trinajstić information content (AvgIpc) is 3.52. The third-order valence-corrected chi connectivity index (χ3v) is 7.31. The molecule has 0 aliphatic carbocycles. The number of phosphoric ester groups is 1. The molecule has 3 heterocycles. The zero-order valence-electron chi connectivity index (χ0n) is 24.1. The smallest absolute Gasteiger partial charge is 0.413 e. The first-order valence-electron chi connectivity index (χ1n) is 13.4. The largest absolute Gasteiger partial charge is 0.756 e. The number of nitrogens with zero attached hydrogens (tertiary/aromatic N) is 2. The molecule has 0 bridgehead atoms. The van der Waals surface area contributed by atoms with E-state index in [9.17, 15) is 32.9 Å². The highest BCUT2D eigenvalue weighted by Crippen LogP contribution is 2.43. The van der Waals surface area contributed by atoms with Crippen LogP contribution in [0.4, 0.5) is 19.4 Å². The van der Waals surface area contributed by atoms with Crippen molar-refractivity contribution in [3.05, 3.63) is 82.1 Å². The molecule has 4 atom stereocenters. The number of anilines is 1. The van der Waals surface area contributed by atoms with Gasteiger partial charge in [0.25, 0.3) is 7.82 Å². The predicted molar refractivity (Wildman–Crippen MR) is 151 cm³/mol. The summed E-state index contributed by atoms with van der Waals surface area (Å²) in [4.78, 5) is 47.6. The summed E-state index contributed by atoms with van der Waals surface area (Å²) in [7, 11) is -3.70. The number of aliphatic hydroxyl groups excluding tert-OH is 1. The zero-order chi connectivity index (χ0) is 33.2. The van der Waals surface area contributed by atoms with E-state index in [1.807, 2.05) is 25.1 Å². The van der Waals surface area contributed by atoms with Crippen molar-refractivity contribution in [2.24, 2.45) is 0 Å². The molecule has 5 rings (SSSR count). The molecule has 15 nitrogen and oxygen atoms in total. The maximum atomic E-state index is 14.6. The fourth-order valence-corrected chi connectivity index (χ4v) is 4.93. The van der Waals surface area contributed by atoms with Crippen LogP contribution in [0.2, 0.25) is 0 Å². The maximum absolute atomic E-state index is 14.6. The summed E-state index contributed by atoms with van der Waals surface area (Å²) in [6, 6.07) is 13.3. The fourth-order valence-electron chi connectivity index (χ4n) is 4.60. The summed E-state index contributed by atoms with van der Waals surface area (Å²) in [6.07, 6.45) is -7.04. The van der Waals surface area contributed by atoms with Crippen LogP contribution in [0.15, 0.2) is 63.9 Å². The molecule has 1 saturated heterocycles. The standard InChI is InChI=1S/C28H28F2N3O12P/c1-15-9-19(40-2)10-17-11-20(44-23(15)17)13-41-18-5-3-16(4-6-18)12-42-27(36)32-22-7-8-33(26(35)31-22)25-28(29,30)24(34)21(45-25)14-43-46(37,38)39/h3-11,21,24-25,34H,12-14H2,1-2H3,(H2,37,38,39)(H,31,32,35,36)/p-1/t21?,24-,25?/m1/s1. The van der Waals surface area contributed by atoms with Crippen LogP contribution in [0.3, 0.4) is 0 Å². The molecule has 0 spiro atoms. The normalized spacial score (nSPS) is 20.3. The Morgan fingerprint density at radius 2 is 1.91 bits per heavy atom. The first kappa shape index (κ1) is 33.0. The number of carbonyl (C=O) groups excluding carboxylic acids is 1. The van der Waals surface area contributed by atoms with Crippen LogP contribution in [0.25, 0.3) is 11.0 Å². The summed E-state index contributed by atoms with van der Waals surface area (Å²) >= 11 is 0. The van der Waals surface area contributed by atoms with Crippen LogP contribution in [-0.4, -0.2) is 57.5 Å². The minimum atomic E-state index is -5.29. The molecular weight excluding hydrogens is 639 g/mol. The zero-order valence-corrected chi connectivity index (χ0v) is 25.0. The van der Waals surface area contributed by atoms with Crippen molar-refractivity contribution in [1.82, 2.24) is 9.55 Å². The van der Waals surface area contributed by atoms with Gasteiger partial charge in [-0.3, -0.25) is 14.4 Å². The van der Waals surface area contributed by atoms with E-state index in [0.29, 0.717) is 21.6 Å². The first-order chi connectivity index (χ1) is 21.7. The number of aromatic nitrogens is 2. The lowest BCUT2D eigenvalue weighted by Gasteiger charge is -2.21. The molecule has 1 amide bonds. The van der Waals surface area contributed by atoms with E-state index in [0.717, 1.165) is 34.5 Å². The van der Waals surface area contributed by atoms with Crippen molar-refractivity contribution in [1.29, 1.82) is 0 Å². The number of alkyl halides is 2. The Labute approximate surface area is 258 Å². The van der Waals surface area contributed by atoms with Gasteiger partial charge in [-0.05, 0) is 54.4 Å². The van der Waals surface area contributed by atoms with Gasteiger partial charge in [0.2, 0.25) is 6.23 Å². The van der Waals surface area contributed by atoms with E-state index >= 15 is 0 Å². The molecule has 1 aliphatic heterocycles. The quantitative estimate of drug-likeness (QED) is 0.197. The Bertz CT molecular complexity index is 1820. The second-order valence-corrected chi connectivity index (χ2v) is 11.3. The second-order valence-electron chi connectivity index (χ2n) is 10.1. The highest BCUT2D eigenvalue weighted by Gasteiger charge is 2.59. The number of carbonyl (C=O) groups is 1. The van der Waals surface area contributed by atoms with Gasteiger partial charge in [-0.2, -0.15) is 13.8 Å². The number of methoxy groups -OCH3 is 1. The van der Waals surface area contributed by atoms with E-state index in [1.54, 1.807) is 31.4 Å². The van der Waals surface area contributed by atoms with Crippen molar-refractivity contribution in [2.75, 3.05) is 19.0 Å². The average molecular weight is 667 g/mol. The minimum Gasteiger partial charge on any atom is -0.756 e. The van der Waals surface area contributed by atoms with Gasteiger partial charge in [-0.25, -0.2) is 9.59 Å². The van der Waals surface area contributed by atoms with Crippen molar-refractivity contribution < 1.29 is 60.9 Å². The molecule has 1 fully saturated rings. The number of benzene rings is 2. The van der Waals surface area contributed by atoms with Gasteiger partial charge in [0.05, 0.1) is 13.7 Å². The highest BCUT2D eigenvalue weighted by atomic mass is 31.2. The Morgan fingerprint density at radius 1 is 1.17 bits per heavy atom. The predicted octanol–water partition coefficient (Wildman–Crippen LogP) is 3.01. The van der Waals surface area contributed by atoms with Crippen LogP contribution in [-0.2, 0) is 31.8 Å². The lowest BCUT2D eigenvalue weighted by molar-refractivity contribution is -0.222. The van der Waals surface area contributed by atoms with Crippen LogP contribution in [0, 0.1) is 6.92 Å². The monoisotopic (exact) mass is 666 g/mol. The molecule has 246 valence electrons. The van der Waals surface area contributed by atoms with Gasteiger partial charge < -0.3 is 42.8 Å². The molecular formula is C28H27F2N3O12P-. The summed E-state index contributed by atoms with van der Waals surface area (Å²) in [5.41, 5.74) is 0.984. The van der Waals surface area contributed by atoms with E-state index in [-0.39, 0.29) is 19.0 Å². The van der Waals surface area contributed by atoms with Crippen LogP contribution in [0.1, 0.15) is 23.1 Å².